The number of nitrogens with zero attached hydrogens (tertiary/aromatic N) is 4. The summed E-state index contributed by atoms with van der Waals surface area (Å²) >= 11 is 0. The molecule has 2 aliphatic heterocycles. The van der Waals surface area contributed by atoms with Crippen LogP contribution >= 0.6 is 0 Å². The monoisotopic (exact) mass is 539 g/mol. The molecule has 0 unspecified atom stereocenters. The zero-order valence-electron chi connectivity index (χ0n) is 23.3. The largest absolute Gasteiger partial charge is 0.336 e. The molecule has 0 aliphatic carbocycles. The maximum absolute atomic E-state index is 14.8. The Bertz CT molecular complexity index is 1620. The van der Waals surface area contributed by atoms with E-state index >= 15 is 0 Å². The molecule has 2 aliphatic rings. The first-order valence-electron chi connectivity index (χ1n) is 14.6. The van der Waals surface area contributed by atoms with Crippen molar-refractivity contribution in [1.82, 2.24) is 35.4 Å². The van der Waals surface area contributed by atoms with Crippen LogP contribution in [0, 0.1) is 11.7 Å². The molecule has 208 valence electrons. The van der Waals surface area contributed by atoms with Crippen LogP contribution in [0.5, 0.6) is 0 Å². The quantitative estimate of drug-likeness (QED) is 0.311. The van der Waals surface area contributed by atoms with Crippen molar-refractivity contribution >= 4 is 23.2 Å². The number of hydrogen-bond donors (Lipinski definition) is 3. The summed E-state index contributed by atoms with van der Waals surface area (Å²) in [4.78, 5) is 15.5. The number of benzene rings is 1. The van der Waals surface area contributed by atoms with Crippen LogP contribution < -0.4 is 15.9 Å². The van der Waals surface area contributed by atoms with Crippen molar-refractivity contribution in [3.63, 3.8) is 0 Å². The number of hydrogen-bond acceptors (Lipinski definition) is 5. The lowest BCUT2D eigenvalue weighted by atomic mass is 9.90. The normalized spacial score (nSPS) is 17.9. The summed E-state index contributed by atoms with van der Waals surface area (Å²) in [7, 11) is 0. The number of nitrogens with one attached hydrogen (secondary N) is 3. The van der Waals surface area contributed by atoms with Gasteiger partial charge in [0.25, 0.3) is 0 Å². The van der Waals surface area contributed by atoms with E-state index in [1.165, 1.54) is 25.9 Å². The highest BCUT2D eigenvalue weighted by molar-refractivity contribution is 5.91. The van der Waals surface area contributed by atoms with E-state index in [9.17, 15) is 4.39 Å². The Morgan fingerprint density at radius 3 is 2.77 bits per heavy atom. The summed E-state index contributed by atoms with van der Waals surface area (Å²) < 4.78 is 14.8. The Hall–Kier alpha value is -3.62. The first kappa shape index (κ1) is 26.6. The van der Waals surface area contributed by atoms with E-state index in [1.807, 2.05) is 19.1 Å². The molecule has 2 saturated heterocycles. The summed E-state index contributed by atoms with van der Waals surface area (Å²) in [6.45, 7) is 11.9. The molecule has 8 heteroatoms. The van der Waals surface area contributed by atoms with E-state index in [2.05, 4.69) is 49.1 Å². The van der Waals surface area contributed by atoms with E-state index in [-0.39, 0.29) is 5.82 Å². The lowest BCUT2D eigenvalue weighted by molar-refractivity contribution is 0.334. The molecule has 0 spiro atoms. The van der Waals surface area contributed by atoms with E-state index in [4.69, 9.17) is 4.98 Å². The fourth-order valence-electron chi connectivity index (χ4n) is 6.11. The zero-order chi connectivity index (χ0) is 27.5. The Kier molecular flexibility index (Phi) is 7.89. The summed E-state index contributed by atoms with van der Waals surface area (Å²) in [5.74, 6) is 0.866. The van der Waals surface area contributed by atoms with Crippen molar-refractivity contribution in [2.24, 2.45) is 5.92 Å². The molecule has 3 aromatic heterocycles. The van der Waals surface area contributed by atoms with Crippen molar-refractivity contribution in [3.05, 3.63) is 64.6 Å². The van der Waals surface area contributed by atoms with Crippen LogP contribution in [0.2, 0.25) is 0 Å². The molecular formula is C32H38FN7. The summed E-state index contributed by atoms with van der Waals surface area (Å²) in [6, 6.07) is 7.17. The molecule has 0 atom stereocenters. The smallest absolute Gasteiger partial charge is 0.159 e. The summed E-state index contributed by atoms with van der Waals surface area (Å²) in [6.07, 6.45) is 12.5. The highest BCUT2D eigenvalue weighted by atomic mass is 19.1. The van der Waals surface area contributed by atoms with Crippen LogP contribution in [-0.2, 0) is 6.42 Å². The highest BCUT2D eigenvalue weighted by Crippen LogP contribution is 2.29. The number of H-pyrrole nitrogens is 2. The molecule has 0 radical (unpaired) electrons. The number of rotatable bonds is 8. The molecule has 3 N–H and O–H groups in total. The third-order valence-corrected chi connectivity index (χ3v) is 8.31. The third-order valence-electron chi connectivity index (χ3n) is 8.31. The number of aromatic nitrogens is 5. The van der Waals surface area contributed by atoms with Crippen molar-refractivity contribution in [3.8, 4) is 22.8 Å². The number of imidazole rings is 1. The molecule has 1 aromatic carbocycles. The standard InChI is InChI=1S/C32H38FN7/c1-3-27-26(17-21(2)23-8-11-34-12-9-23)30(39-38-27)32-36-28-10-13-35-29(31(28)37-32)24-18-22(19-25(33)20-24)7-6-16-40-14-4-5-15-40/h3,10,13,17-20,23,34,38H,2,4-9,11-12,14-16H2,1H3,(H,36,37)/b26-17+,27-3+. The van der Waals surface area contributed by atoms with Gasteiger partial charge in [0.1, 0.15) is 17.0 Å². The number of halogens is 1. The fraction of sp³-hybridized carbons (Fsp3) is 0.406. The van der Waals surface area contributed by atoms with Gasteiger partial charge >= 0.3 is 0 Å². The first-order chi connectivity index (χ1) is 19.6. The molecule has 4 aromatic rings. The number of pyridine rings is 1. The minimum atomic E-state index is -0.244. The van der Waals surface area contributed by atoms with Gasteiger partial charge in [0.15, 0.2) is 5.82 Å². The molecule has 0 amide bonds. The second-order valence-corrected chi connectivity index (χ2v) is 11.1. The van der Waals surface area contributed by atoms with Gasteiger partial charge < -0.3 is 15.2 Å². The van der Waals surface area contributed by atoms with Crippen LogP contribution in [0.1, 0.15) is 44.6 Å². The van der Waals surface area contributed by atoms with Gasteiger partial charge in [0.05, 0.1) is 16.6 Å². The molecule has 0 bridgehead atoms. The second kappa shape index (κ2) is 11.9. The number of piperidine rings is 1. The predicted molar refractivity (Wildman–Crippen MR) is 159 cm³/mol. The van der Waals surface area contributed by atoms with Gasteiger partial charge in [-0.2, -0.15) is 5.10 Å². The lowest BCUT2D eigenvalue weighted by Crippen LogP contribution is -2.29. The molecular weight excluding hydrogens is 501 g/mol. The minimum Gasteiger partial charge on any atom is -0.336 e. The van der Waals surface area contributed by atoms with Crippen molar-refractivity contribution in [2.45, 2.75) is 45.4 Å². The molecule has 5 heterocycles. The van der Waals surface area contributed by atoms with Crippen molar-refractivity contribution in [1.29, 1.82) is 0 Å². The Labute approximate surface area is 234 Å². The van der Waals surface area contributed by atoms with Crippen LogP contribution in [0.25, 0.3) is 46.0 Å². The average molecular weight is 540 g/mol. The van der Waals surface area contributed by atoms with E-state index in [0.29, 0.717) is 23.0 Å². The molecule has 7 nitrogen and oxygen atoms in total. The Morgan fingerprint density at radius 2 is 1.98 bits per heavy atom. The summed E-state index contributed by atoms with van der Waals surface area (Å²) in [5.41, 5.74) is 5.81. The molecule has 2 fully saturated rings. The van der Waals surface area contributed by atoms with Crippen LogP contribution in [0.4, 0.5) is 4.39 Å². The van der Waals surface area contributed by atoms with Gasteiger partial charge in [0.2, 0.25) is 0 Å². The number of aryl methyl sites for hydroxylation is 1. The topological polar surface area (TPSA) is 85.5 Å². The third kappa shape index (κ3) is 5.64. The fourth-order valence-corrected chi connectivity index (χ4v) is 6.11. The maximum Gasteiger partial charge on any atom is 0.159 e. The number of likely N-dealkylation sites (tertiary alicyclic amines) is 1. The molecule has 40 heavy (non-hydrogen) atoms. The number of fused-ring (bicyclic) bond motifs is 1. The number of allylic oxidation sites excluding steroid dienone is 1. The first-order valence-corrected chi connectivity index (χ1v) is 14.6. The molecule has 0 saturated carbocycles. The Morgan fingerprint density at radius 1 is 1.15 bits per heavy atom. The average Bonchev–Trinajstić information content (AvgIpc) is 3.73. The molecule has 6 rings (SSSR count). The predicted octanol–water partition coefficient (Wildman–Crippen LogP) is 4.32. The van der Waals surface area contributed by atoms with Crippen LogP contribution in [0.3, 0.4) is 0 Å². The van der Waals surface area contributed by atoms with Gasteiger partial charge in [-0.3, -0.25) is 10.1 Å². The van der Waals surface area contributed by atoms with Crippen molar-refractivity contribution in [2.75, 3.05) is 32.7 Å². The van der Waals surface area contributed by atoms with Gasteiger partial charge in [0, 0.05) is 17.0 Å². The van der Waals surface area contributed by atoms with E-state index in [1.54, 1.807) is 18.3 Å². The highest BCUT2D eigenvalue weighted by Gasteiger charge is 2.18. The zero-order valence-corrected chi connectivity index (χ0v) is 23.3. The Balaban J connectivity index is 1.33. The van der Waals surface area contributed by atoms with Crippen LogP contribution in [0.15, 0.2) is 42.6 Å². The maximum atomic E-state index is 14.8. The number of aromatic amines is 2. The lowest BCUT2D eigenvalue weighted by Gasteiger charge is -2.22. The van der Waals surface area contributed by atoms with Gasteiger partial charge in [-0.15, -0.1) is 0 Å². The van der Waals surface area contributed by atoms with Crippen LogP contribution in [-0.4, -0.2) is 62.8 Å². The summed E-state index contributed by atoms with van der Waals surface area (Å²) in [5, 5.41) is 13.1. The second-order valence-electron chi connectivity index (χ2n) is 11.1. The van der Waals surface area contributed by atoms with Gasteiger partial charge in [-0.1, -0.05) is 18.2 Å². The van der Waals surface area contributed by atoms with Gasteiger partial charge in [-0.25, -0.2) is 9.37 Å². The SMILES string of the molecule is C=C(/C=c1/c(-c2nc3c(-c4cc(F)cc(CCCN5CCCC5)c4)nccc3[nH]2)n[nH]/c1=C/C)C1CCNCC1. The van der Waals surface area contributed by atoms with Gasteiger partial charge in [-0.05, 0) is 120 Å². The van der Waals surface area contributed by atoms with Crippen molar-refractivity contribution < 1.29 is 4.39 Å². The minimum absolute atomic E-state index is 0.244. The van der Waals surface area contributed by atoms with E-state index < -0.39 is 0 Å². The van der Waals surface area contributed by atoms with E-state index in [0.717, 1.165) is 83.8 Å².